The Labute approximate surface area is 143 Å². The molecule has 3 aromatic rings. The molecule has 0 bridgehead atoms. The van der Waals surface area contributed by atoms with Gasteiger partial charge in [0.1, 0.15) is 5.01 Å². The minimum Gasteiger partial charge on any atom is -0.326 e. The number of hydrogen-bond acceptors (Lipinski definition) is 4. The number of halogens is 1. The minimum atomic E-state index is -0.0912. The molecule has 116 valence electrons. The van der Waals surface area contributed by atoms with Crippen molar-refractivity contribution in [3.63, 3.8) is 0 Å². The van der Waals surface area contributed by atoms with Crippen molar-refractivity contribution in [3.05, 3.63) is 54.2 Å². The number of carbonyl (C=O) groups excluding carboxylic acids is 1. The van der Waals surface area contributed by atoms with E-state index in [4.69, 9.17) is 11.6 Å². The van der Waals surface area contributed by atoms with Crippen molar-refractivity contribution in [3.8, 4) is 21.8 Å². The lowest BCUT2D eigenvalue weighted by Gasteiger charge is -2.05. The molecule has 0 atom stereocenters. The monoisotopic (exact) mass is 343 g/mol. The Morgan fingerprint density at radius 2 is 2.09 bits per heavy atom. The van der Waals surface area contributed by atoms with Crippen LogP contribution in [-0.4, -0.2) is 21.8 Å². The van der Waals surface area contributed by atoms with E-state index in [0.29, 0.717) is 12.3 Å². The predicted molar refractivity (Wildman–Crippen MR) is 94.7 cm³/mol. The summed E-state index contributed by atoms with van der Waals surface area (Å²) in [5.41, 5.74) is 3.58. The van der Waals surface area contributed by atoms with Crippen LogP contribution in [-0.2, 0) is 4.79 Å². The number of thiazole rings is 1. The van der Waals surface area contributed by atoms with Gasteiger partial charge in [-0.05, 0) is 24.3 Å². The van der Waals surface area contributed by atoms with Crippen molar-refractivity contribution in [2.75, 3.05) is 11.2 Å². The van der Waals surface area contributed by atoms with Crippen LogP contribution in [0.25, 0.3) is 21.8 Å². The number of rotatable bonds is 5. The highest BCUT2D eigenvalue weighted by molar-refractivity contribution is 7.13. The molecule has 0 aliphatic rings. The average Bonchev–Trinajstić information content (AvgIpc) is 3.06. The zero-order chi connectivity index (χ0) is 16.1. The zero-order valence-electron chi connectivity index (χ0n) is 12.2. The molecule has 0 radical (unpaired) electrons. The molecule has 3 rings (SSSR count). The number of alkyl halides is 1. The van der Waals surface area contributed by atoms with Crippen LogP contribution in [0.4, 0.5) is 5.69 Å². The third-order valence-corrected chi connectivity index (χ3v) is 4.26. The molecule has 0 aliphatic carbocycles. The Morgan fingerprint density at radius 1 is 1.22 bits per heavy atom. The molecule has 1 amide bonds. The fourth-order valence-electron chi connectivity index (χ4n) is 2.09. The van der Waals surface area contributed by atoms with Gasteiger partial charge in [0.15, 0.2) is 0 Å². The lowest BCUT2D eigenvalue weighted by molar-refractivity contribution is -0.115. The smallest absolute Gasteiger partial charge is 0.225 e. The predicted octanol–water partition coefficient (Wildman–Crippen LogP) is 4.44. The van der Waals surface area contributed by atoms with Crippen molar-refractivity contribution in [1.29, 1.82) is 0 Å². The Balaban J connectivity index is 1.82. The highest BCUT2D eigenvalue weighted by Crippen LogP contribution is 2.29. The number of pyridine rings is 1. The molecular weight excluding hydrogens is 330 g/mol. The number of carbonyl (C=O) groups is 1. The minimum absolute atomic E-state index is 0.0912. The maximum Gasteiger partial charge on any atom is 0.225 e. The molecule has 0 saturated heterocycles. The molecule has 2 heterocycles. The maximum atomic E-state index is 11.6. The van der Waals surface area contributed by atoms with E-state index in [2.05, 4.69) is 15.3 Å². The maximum absolute atomic E-state index is 11.6. The first-order valence-corrected chi connectivity index (χ1v) is 8.50. The van der Waals surface area contributed by atoms with E-state index in [-0.39, 0.29) is 5.91 Å². The molecule has 6 heteroatoms. The fraction of sp³-hybridized carbons (Fsp3) is 0.118. The van der Waals surface area contributed by atoms with Crippen LogP contribution in [0, 0.1) is 0 Å². The lowest BCUT2D eigenvalue weighted by Crippen LogP contribution is -2.11. The largest absolute Gasteiger partial charge is 0.326 e. The van der Waals surface area contributed by atoms with E-state index >= 15 is 0 Å². The van der Waals surface area contributed by atoms with Gasteiger partial charge >= 0.3 is 0 Å². The number of nitrogens with zero attached hydrogens (tertiary/aromatic N) is 2. The van der Waals surface area contributed by atoms with Crippen molar-refractivity contribution in [2.24, 2.45) is 0 Å². The summed E-state index contributed by atoms with van der Waals surface area (Å²) < 4.78 is 0. The van der Waals surface area contributed by atoms with Gasteiger partial charge in [-0.3, -0.25) is 9.78 Å². The second-order valence-electron chi connectivity index (χ2n) is 4.85. The molecule has 0 spiro atoms. The highest BCUT2D eigenvalue weighted by atomic mass is 35.5. The first-order valence-electron chi connectivity index (χ1n) is 7.08. The number of benzene rings is 1. The third kappa shape index (κ3) is 3.94. The van der Waals surface area contributed by atoms with Gasteiger partial charge in [-0.15, -0.1) is 22.9 Å². The van der Waals surface area contributed by atoms with Gasteiger partial charge in [-0.1, -0.05) is 12.1 Å². The summed E-state index contributed by atoms with van der Waals surface area (Å²) in [4.78, 5) is 20.4. The molecule has 0 unspecified atom stereocenters. The van der Waals surface area contributed by atoms with Crippen molar-refractivity contribution in [2.45, 2.75) is 6.42 Å². The van der Waals surface area contributed by atoms with E-state index in [1.54, 1.807) is 23.7 Å². The Kier molecular flexibility index (Phi) is 5.00. The van der Waals surface area contributed by atoms with Crippen LogP contribution in [0.3, 0.4) is 0 Å². The Morgan fingerprint density at radius 3 is 2.87 bits per heavy atom. The molecule has 0 saturated carbocycles. The second kappa shape index (κ2) is 7.35. The van der Waals surface area contributed by atoms with Gasteiger partial charge in [0.05, 0.1) is 5.69 Å². The van der Waals surface area contributed by atoms with Crippen molar-refractivity contribution >= 4 is 34.5 Å². The quantitative estimate of drug-likeness (QED) is 0.697. The van der Waals surface area contributed by atoms with Gasteiger partial charge in [0.2, 0.25) is 5.91 Å². The third-order valence-electron chi connectivity index (χ3n) is 3.18. The summed E-state index contributed by atoms with van der Waals surface area (Å²) in [6.07, 6.45) is 3.84. The summed E-state index contributed by atoms with van der Waals surface area (Å²) in [5.74, 6) is 0.220. The number of aromatic nitrogens is 2. The number of amides is 1. The molecule has 0 fully saturated rings. The van der Waals surface area contributed by atoms with E-state index in [1.165, 1.54) is 0 Å². The van der Waals surface area contributed by atoms with Crippen molar-refractivity contribution in [1.82, 2.24) is 9.97 Å². The number of hydrogen-bond donors (Lipinski definition) is 1. The van der Waals surface area contributed by atoms with Crippen LogP contribution in [0.5, 0.6) is 0 Å². The lowest BCUT2D eigenvalue weighted by atomic mass is 10.1. The summed E-state index contributed by atoms with van der Waals surface area (Å²) in [5, 5.41) is 5.76. The standard InChI is InChI=1S/C17H14ClN3OS/c18-7-6-16(22)20-14-5-1-3-12(9-14)15-11-23-17(21-15)13-4-2-8-19-10-13/h1-5,8-11H,6-7H2,(H,20,22). The molecule has 4 nitrogen and oxygen atoms in total. The molecule has 1 N–H and O–H groups in total. The highest BCUT2D eigenvalue weighted by Gasteiger charge is 2.08. The normalized spacial score (nSPS) is 10.5. The van der Waals surface area contributed by atoms with E-state index < -0.39 is 0 Å². The van der Waals surface area contributed by atoms with E-state index in [9.17, 15) is 4.79 Å². The Bertz CT molecular complexity index is 804. The van der Waals surface area contributed by atoms with E-state index in [0.717, 1.165) is 27.5 Å². The van der Waals surface area contributed by atoms with Gasteiger partial charge in [0, 0.05) is 46.9 Å². The zero-order valence-corrected chi connectivity index (χ0v) is 13.8. The van der Waals surface area contributed by atoms with Crippen molar-refractivity contribution < 1.29 is 4.79 Å². The summed E-state index contributed by atoms with van der Waals surface area (Å²) in [7, 11) is 0. The molecule has 0 aliphatic heterocycles. The summed E-state index contributed by atoms with van der Waals surface area (Å²) in [6.45, 7) is 0. The fourth-order valence-corrected chi connectivity index (χ4v) is 3.09. The van der Waals surface area contributed by atoms with Gasteiger partial charge in [-0.25, -0.2) is 4.98 Å². The average molecular weight is 344 g/mol. The van der Waals surface area contributed by atoms with Crippen LogP contribution in [0.2, 0.25) is 0 Å². The first-order chi connectivity index (χ1) is 11.3. The van der Waals surface area contributed by atoms with Crippen LogP contribution >= 0.6 is 22.9 Å². The molecule has 2 aromatic heterocycles. The topological polar surface area (TPSA) is 54.9 Å². The van der Waals surface area contributed by atoms with E-state index in [1.807, 2.05) is 41.8 Å². The van der Waals surface area contributed by atoms with Crippen LogP contribution in [0.15, 0.2) is 54.2 Å². The summed E-state index contributed by atoms with van der Waals surface area (Å²) in [6, 6.07) is 11.5. The molecule has 23 heavy (non-hydrogen) atoms. The Hall–Kier alpha value is -2.24. The first kappa shape index (κ1) is 15.6. The second-order valence-corrected chi connectivity index (χ2v) is 6.08. The molecule has 1 aromatic carbocycles. The van der Waals surface area contributed by atoms with Gasteiger partial charge in [0.25, 0.3) is 0 Å². The SMILES string of the molecule is O=C(CCCl)Nc1cccc(-c2csc(-c3cccnc3)n2)c1. The number of anilines is 1. The van der Waals surface area contributed by atoms with Gasteiger partial charge < -0.3 is 5.32 Å². The summed E-state index contributed by atoms with van der Waals surface area (Å²) >= 11 is 7.15. The van der Waals surface area contributed by atoms with Crippen LogP contribution in [0.1, 0.15) is 6.42 Å². The van der Waals surface area contributed by atoms with Crippen LogP contribution < -0.4 is 5.32 Å². The molecular formula is C17H14ClN3OS. The number of nitrogens with one attached hydrogen (secondary N) is 1. The van der Waals surface area contributed by atoms with Gasteiger partial charge in [-0.2, -0.15) is 0 Å².